The topological polar surface area (TPSA) is 50.9 Å². The lowest BCUT2D eigenvalue weighted by Gasteiger charge is -2.16. The van der Waals surface area contributed by atoms with E-state index in [0.717, 1.165) is 5.56 Å². The summed E-state index contributed by atoms with van der Waals surface area (Å²) >= 11 is 0. The molecule has 4 heteroatoms. The third-order valence-electron chi connectivity index (χ3n) is 2.64. The molecule has 2 aromatic rings. The van der Waals surface area contributed by atoms with Crippen LogP contribution in [0.1, 0.15) is 22.7 Å². The predicted octanol–water partition coefficient (Wildman–Crippen LogP) is 2.08. The summed E-state index contributed by atoms with van der Waals surface area (Å²) in [6.07, 6.45) is 2.78. The van der Waals surface area contributed by atoms with Crippen molar-refractivity contribution in [3.8, 4) is 0 Å². The second-order valence-electron chi connectivity index (χ2n) is 3.95. The maximum atomic E-state index is 13.1. The molecule has 17 heavy (non-hydrogen) atoms. The lowest BCUT2D eigenvalue weighted by atomic mass is 10.00. The molecule has 0 spiro atoms. The van der Waals surface area contributed by atoms with E-state index in [0.29, 0.717) is 5.56 Å². The van der Waals surface area contributed by atoms with Gasteiger partial charge in [-0.05, 0) is 24.1 Å². The molecule has 0 saturated carbocycles. The first-order valence-electron chi connectivity index (χ1n) is 5.34. The number of nitrogens with zero attached hydrogens (tertiary/aromatic N) is 1. The van der Waals surface area contributed by atoms with Crippen LogP contribution in [0.25, 0.3) is 0 Å². The van der Waals surface area contributed by atoms with Crippen molar-refractivity contribution in [3.05, 3.63) is 65.2 Å². The second-order valence-corrected chi connectivity index (χ2v) is 3.95. The summed E-state index contributed by atoms with van der Waals surface area (Å²) in [6.45, 7) is 2.01. The number of pyridine rings is 1. The van der Waals surface area contributed by atoms with Gasteiger partial charge in [0.05, 0.1) is 12.2 Å². The zero-order valence-corrected chi connectivity index (χ0v) is 9.52. The Morgan fingerprint density at radius 2 is 1.88 bits per heavy atom. The second kappa shape index (κ2) is 5.03. The van der Waals surface area contributed by atoms with Crippen LogP contribution in [0.15, 0.2) is 42.7 Å². The Kier molecular flexibility index (Phi) is 3.46. The van der Waals surface area contributed by atoms with Gasteiger partial charge in [0.2, 0.25) is 0 Å². The minimum atomic E-state index is -0.366. The molecule has 0 aliphatic carbocycles. The molecule has 0 radical (unpaired) electrons. The lowest BCUT2D eigenvalue weighted by molar-refractivity contribution is 0.598. The van der Waals surface area contributed by atoms with E-state index in [2.05, 4.69) is 10.4 Å². The smallest absolute Gasteiger partial charge is 0.141 e. The summed E-state index contributed by atoms with van der Waals surface area (Å²) in [6, 6.07) is 9.09. The van der Waals surface area contributed by atoms with Crippen LogP contribution in [-0.4, -0.2) is 4.98 Å². The third kappa shape index (κ3) is 2.67. The number of hydrazine groups is 1. The third-order valence-corrected chi connectivity index (χ3v) is 2.64. The Bertz CT molecular complexity index is 496. The number of halogens is 1. The van der Waals surface area contributed by atoms with E-state index in [4.69, 9.17) is 5.84 Å². The summed E-state index contributed by atoms with van der Waals surface area (Å²) in [5.41, 5.74) is 5.53. The number of aromatic nitrogens is 1. The average Bonchev–Trinajstić information content (AvgIpc) is 2.33. The largest absolute Gasteiger partial charge is 0.271 e. The minimum absolute atomic E-state index is 0.251. The maximum Gasteiger partial charge on any atom is 0.141 e. The standard InChI is InChI=1S/C13H14FN3/c1-9-2-4-10(5-3-9)13(17-15)11-6-12(14)8-16-7-11/h2-8,13,17H,15H2,1H3. The molecular weight excluding hydrogens is 217 g/mol. The molecule has 0 fully saturated rings. The van der Waals surface area contributed by atoms with Crippen LogP contribution in [0.4, 0.5) is 4.39 Å². The zero-order valence-electron chi connectivity index (χ0n) is 9.52. The van der Waals surface area contributed by atoms with Crippen LogP contribution in [0, 0.1) is 12.7 Å². The summed E-state index contributed by atoms with van der Waals surface area (Å²) in [4.78, 5) is 3.83. The molecule has 3 nitrogen and oxygen atoms in total. The Balaban J connectivity index is 2.36. The van der Waals surface area contributed by atoms with Gasteiger partial charge in [0.1, 0.15) is 5.82 Å². The summed E-state index contributed by atoms with van der Waals surface area (Å²) in [7, 11) is 0. The van der Waals surface area contributed by atoms with E-state index in [1.54, 1.807) is 6.20 Å². The van der Waals surface area contributed by atoms with Crippen molar-refractivity contribution >= 4 is 0 Å². The molecule has 1 heterocycles. The highest BCUT2D eigenvalue weighted by atomic mass is 19.1. The van der Waals surface area contributed by atoms with Crippen LogP contribution in [0.3, 0.4) is 0 Å². The summed E-state index contributed by atoms with van der Waals surface area (Å²) in [5.74, 6) is 5.16. The van der Waals surface area contributed by atoms with Gasteiger partial charge in [0, 0.05) is 6.20 Å². The van der Waals surface area contributed by atoms with Gasteiger partial charge >= 0.3 is 0 Å². The monoisotopic (exact) mass is 231 g/mol. The van der Waals surface area contributed by atoms with Crippen molar-refractivity contribution in [1.29, 1.82) is 0 Å². The van der Waals surface area contributed by atoms with E-state index >= 15 is 0 Å². The van der Waals surface area contributed by atoms with E-state index in [9.17, 15) is 4.39 Å². The fourth-order valence-electron chi connectivity index (χ4n) is 1.73. The van der Waals surface area contributed by atoms with Gasteiger partial charge in [-0.15, -0.1) is 0 Å². The number of hydrogen-bond donors (Lipinski definition) is 2. The molecule has 1 atom stereocenters. The fourth-order valence-corrected chi connectivity index (χ4v) is 1.73. The lowest BCUT2D eigenvalue weighted by Crippen LogP contribution is -2.29. The van der Waals surface area contributed by atoms with Gasteiger partial charge < -0.3 is 0 Å². The van der Waals surface area contributed by atoms with Crippen LogP contribution in [0.2, 0.25) is 0 Å². The normalized spacial score (nSPS) is 12.4. The predicted molar refractivity (Wildman–Crippen MR) is 64.5 cm³/mol. The van der Waals surface area contributed by atoms with Crippen molar-refractivity contribution in [3.63, 3.8) is 0 Å². The van der Waals surface area contributed by atoms with Gasteiger partial charge in [-0.2, -0.15) is 0 Å². The van der Waals surface area contributed by atoms with Crippen LogP contribution >= 0.6 is 0 Å². The SMILES string of the molecule is Cc1ccc(C(NN)c2cncc(F)c2)cc1. The quantitative estimate of drug-likeness (QED) is 0.628. The molecule has 0 aliphatic heterocycles. The molecule has 2 rings (SSSR count). The van der Waals surface area contributed by atoms with Crippen LogP contribution in [0.5, 0.6) is 0 Å². The van der Waals surface area contributed by atoms with Crippen molar-refractivity contribution in [2.45, 2.75) is 13.0 Å². The number of aryl methyl sites for hydroxylation is 1. The first kappa shape index (κ1) is 11.7. The maximum absolute atomic E-state index is 13.1. The number of rotatable bonds is 3. The number of nitrogens with one attached hydrogen (secondary N) is 1. The fraction of sp³-hybridized carbons (Fsp3) is 0.154. The van der Waals surface area contributed by atoms with Crippen molar-refractivity contribution < 1.29 is 4.39 Å². The Hall–Kier alpha value is -1.78. The highest BCUT2D eigenvalue weighted by Crippen LogP contribution is 2.21. The molecule has 0 saturated heterocycles. The van der Waals surface area contributed by atoms with Gasteiger partial charge in [0.15, 0.2) is 0 Å². The molecule has 1 unspecified atom stereocenters. The van der Waals surface area contributed by atoms with Crippen molar-refractivity contribution in [2.24, 2.45) is 5.84 Å². The molecule has 0 bridgehead atoms. The molecule has 3 N–H and O–H groups in total. The Morgan fingerprint density at radius 1 is 1.18 bits per heavy atom. The van der Waals surface area contributed by atoms with E-state index in [1.807, 2.05) is 31.2 Å². The van der Waals surface area contributed by atoms with Gasteiger partial charge in [-0.25, -0.2) is 9.82 Å². The number of nitrogens with two attached hydrogens (primary N) is 1. The first-order valence-corrected chi connectivity index (χ1v) is 5.34. The summed E-state index contributed by atoms with van der Waals surface area (Å²) < 4.78 is 13.1. The first-order chi connectivity index (χ1) is 8.20. The average molecular weight is 231 g/mol. The molecule has 1 aromatic heterocycles. The zero-order chi connectivity index (χ0) is 12.3. The van der Waals surface area contributed by atoms with E-state index in [-0.39, 0.29) is 11.9 Å². The van der Waals surface area contributed by atoms with Gasteiger partial charge in [-0.1, -0.05) is 29.8 Å². The van der Waals surface area contributed by atoms with Crippen LogP contribution in [-0.2, 0) is 0 Å². The highest BCUT2D eigenvalue weighted by Gasteiger charge is 2.12. The van der Waals surface area contributed by atoms with E-state index in [1.165, 1.54) is 17.8 Å². The van der Waals surface area contributed by atoms with Crippen molar-refractivity contribution in [1.82, 2.24) is 10.4 Å². The number of hydrogen-bond acceptors (Lipinski definition) is 3. The minimum Gasteiger partial charge on any atom is -0.271 e. The van der Waals surface area contributed by atoms with Crippen molar-refractivity contribution in [2.75, 3.05) is 0 Å². The highest BCUT2D eigenvalue weighted by molar-refractivity contribution is 5.31. The Morgan fingerprint density at radius 3 is 2.47 bits per heavy atom. The molecule has 0 aliphatic rings. The number of benzene rings is 1. The molecule has 88 valence electrons. The summed E-state index contributed by atoms with van der Waals surface area (Å²) in [5, 5.41) is 0. The van der Waals surface area contributed by atoms with Gasteiger partial charge in [0.25, 0.3) is 0 Å². The van der Waals surface area contributed by atoms with E-state index < -0.39 is 0 Å². The molecular formula is C13H14FN3. The van der Waals surface area contributed by atoms with Crippen LogP contribution < -0.4 is 11.3 Å². The van der Waals surface area contributed by atoms with Gasteiger partial charge in [-0.3, -0.25) is 10.8 Å². The molecule has 1 aromatic carbocycles. The molecule has 0 amide bonds. The Labute approximate surface area is 99.5 Å².